The topological polar surface area (TPSA) is 66.4 Å². The van der Waals surface area contributed by atoms with Crippen molar-refractivity contribution in [3.63, 3.8) is 0 Å². The highest BCUT2D eigenvalue weighted by atomic mass is 32.1. The van der Waals surface area contributed by atoms with Crippen LogP contribution in [-0.4, -0.2) is 17.0 Å². The van der Waals surface area contributed by atoms with Gasteiger partial charge < -0.3 is 10.4 Å². The predicted octanol–water partition coefficient (Wildman–Crippen LogP) is 2.76. The molecule has 2 aromatic rings. The molecule has 110 valence electrons. The van der Waals surface area contributed by atoms with Gasteiger partial charge in [0.25, 0.3) is 0 Å². The normalized spacial score (nSPS) is 11.9. The molecule has 2 rings (SSSR count). The van der Waals surface area contributed by atoms with Crippen LogP contribution >= 0.6 is 11.3 Å². The van der Waals surface area contributed by atoms with E-state index in [4.69, 9.17) is 5.11 Å². The molecule has 0 aliphatic heterocycles. The molecule has 0 spiro atoms. The summed E-state index contributed by atoms with van der Waals surface area (Å²) in [5.74, 6) is -1.76. The maximum Gasteiger partial charge on any atom is 0.331 e. The second-order valence-electron chi connectivity index (χ2n) is 4.48. The fourth-order valence-electron chi connectivity index (χ4n) is 1.85. The summed E-state index contributed by atoms with van der Waals surface area (Å²) in [6.45, 7) is 0. The van der Waals surface area contributed by atoms with Gasteiger partial charge in [0.15, 0.2) is 6.04 Å². The molecular weight excluding hydrogens is 293 g/mol. The van der Waals surface area contributed by atoms with E-state index in [-0.39, 0.29) is 18.1 Å². The van der Waals surface area contributed by atoms with Crippen LogP contribution in [0.1, 0.15) is 22.9 Å². The summed E-state index contributed by atoms with van der Waals surface area (Å²) in [5, 5.41) is 13.4. The zero-order valence-corrected chi connectivity index (χ0v) is 11.9. The molecule has 0 radical (unpaired) electrons. The molecule has 1 unspecified atom stereocenters. The minimum Gasteiger partial charge on any atom is -0.479 e. The van der Waals surface area contributed by atoms with E-state index in [1.807, 2.05) is 0 Å². The van der Waals surface area contributed by atoms with Crippen molar-refractivity contribution < 1.29 is 19.1 Å². The molecule has 1 aromatic carbocycles. The summed E-state index contributed by atoms with van der Waals surface area (Å²) in [7, 11) is 0. The number of carbonyl (C=O) groups excluding carboxylic acids is 1. The number of rotatable bonds is 6. The number of hydrogen-bond donors (Lipinski definition) is 2. The van der Waals surface area contributed by atoms with Crippen molar-refractivity contribution >= 4 is 23.2 Å². The molecular formula is C15H14FNO3S. The Balaban J connectivity index is 1.91. The smallest absolute Gasteiger partial charge is 0.331 e. The number of nitrogens with one attached hydrogen (secondary N) is 1. The van der Waals surface area contributed by atoms with Crippen LogP contribution in [0, 0.1) is 5.82 Å². The van der Waals surface area contributed by atoms with Gasteiger partial charge in [0, 0.05) is 11.3 Å². The summed E-state index contributed by atoms with van der Waals surface area (Å²) in [6.07, 6.45) is 0.587. The first-order valence-corrected chi connectivity index (χ1v) is 7.24. The Hall–Kier alpha value is -2.21. The van der Waals surface area contributed by atoms with E-state index in [0.717, 1.165) is 5.56 Å². The number of carboxylic acids is 1. The number of aryl methyl sites for hydroxylation is 1. The van der Waals surface area contributed by atoms with Gasteiger partial charge in [0.2, 0.25) is 5.91 Å². The van der Waals surface area contributed by atoms with Crippen LogP contribution < -0.4 is 5.32 Å². The first-order valence-electron chi connectivity index (χ1n) is 6.36. The molecule has 0 saturated heterocycles. The number of halogens is 1. The highest BCUT2D eigenvalue weighted by Gasteiger charge is 2.22. The van der Waals surface area contributed by atoms with Crippen LogP contribution in [0.5, 0.6) is 0 Å². The van der Waals surface area contributed by atoms with Crippen molar-refractivity contribution in [2.45, 2.75) is 18.9 Å². The summed E-state index contributed by atoms with van der Waals surface area (Å²) >= 11 is 1.28. The van der Waals surface area contributed by atoms with Crippen LogP contribution in [-0.2, 0) is 16.0 Å². The Morgan fingerprint density at radius 3 is 2.52 bits per heavy atom. The number of aliphatic carboxylic acids is 1. The monoisotopic (exact) mass is 307 g/mol. The molecule has 4 nitrogen and oxygen atoms in total. The Bertz CT molecular complexity index is 610. The lowest BCUT2D eigenvalue weighted by atomic mass is 10.1. The zero-order valence-electron chi connectivity index (χ0n) is 11.1. The summed E-state index contributed by atoms with van der Waals surface area (Å²) in [6, 6.07) is 8.26. The number of carbonyl (C=O) groups is 2. The fourth-order valence-corrected chi connectivity index (χ4v) is 2.62. The van der Waals surface area contributed by atoms with Crippen LogP contribution in [0.15, 0.2) is 41.8 Å². The molecule has 1 heterocycles. The van der Waals surface area contributed by atoms with Crippen LogP contribution in [0.2, 0.25) is 0 Å². The first kappa shape index (κ1) is 15.2. The summed E-state index contributed by atoms with van der Waals surface area (Å²) in [4.78, 5) is 23.6. The summed E-state index contributed by atoms with van der Waals surface area (Å²) in [5.41, 5.74) is 0.828. The largest absolute Gasteiger partial charge is 0.479 e. The van der Waals surface area contributed by atoms with E-state index in [9.17, 15) is 14.0 Å². The number of carboxylic acid groups (broad SMARTS) is 1. The van der Waals surface area contributed by atoms with Gasteiger partial charge in [0.05, 0.1) is 0 Å². The third-order valence-electron chi connectivity index (χ3n) is 2.93. The highest BCUT2D eigenvalue weighted by molar-refractivity contribution is 7.10. The van der Waals surface area contributed by atoms with Gasteiger partial charge in [-0.3, -0.25) is 4.79 Å². The Labute approximate surface area is 125 Å². The molecule has 0 fully saturated rings. The van der Waals surface area contributed by atoms with E-state index < -0.39 is 12.0 Å². The average molecular weight is 307 g/mol. The number of hydrogen-bond acceptors (Lipinski definition) is 3. The molecule has 0 bridgehead atoms. The summed E-state index contributed by atoms with van der Waals surface area (Å²) < 4.78 is 12.8. The molecule has 1 atom stereocenters. The van der Waals surface area contributed by atoms with Gasteiger partial charge in [-0.2, -0.15) is 0 Å². The maximum atomic E-state index is 12.8. The Morgan fingerprint density at radius 2 is 1.95 bits per heavy atom. The SMILES string of the molecule is O=C(CCc1ccc(F)cc1)NC(C(=O)O)c1cccs1. The lowest BCUT2D eigenvalue weighted by Crippen LogP contribution is -2.33. The van der Waals surface area contributed by atoms with Crippen LogP contribution in [0.3, 0.4) is 0 Å². The second-order valence-corrected chi connectivity index (χ2v) is 5.46. The lowest BCUT2D eigenvalue weighted by Gasteiger charge is -2.12. The predicted molar refractivity (Wildman–Crippen MR) is 77.6 cm³/mol. The van der Waals surface area contributed by atoms with Crippen molar-refractivity contribution in [1.29, 1.82) is 0 Å². The van der Waals surface area contributed by atoms with E-state index in [0.29, 0.717) is 11.3 Å². The molecule has 1 amide bonds. The van der Waals surface area contributed by atoms with Crippen molar-refractivity contribution in [2.24, 2.45) is 0 Å². The van der Waals surface area contributed by atoms with Gasteiger partial charge in [-0.15, -0.1) is 11.3 Å². The number of benzene rings is 1. The first-order chi connectivity index (χ1) is 10.1. The molecule has 1 aromatic heterocycles. The molecule has 0 saturated carbocycles. The fraction of sp³-hybridized carbons (Fsp3) is 0.200. The lowest BCUT2D eigenvalue weighted by molar-refractivity contribution is -0.141. The second kappa shape index (κ2) is 6.99. The van der Waals surface area contributed by atoms with Crippen molar-refractivity contribution in [3.05, 3.63) is 58.0 Å². The van der Waals surface area contributed by atoms with Gasteiger partial charge in [0.1, 0.15) is 5.82 Å². The van der Waals surface area contributed by atoms with Gasteiger partial charge in [-0.25, -0.2) is 9.18 Å². The average Bonchev–Trinajstić information content (AvgIpc) is 2.97. The molecule has 6 heteroatoms. The van der Waals surface area contributed by atoms with E-state index >= 15 is 0 Å². The van der Waals surface area contributed by atoms with Gasteiger partial charge in [-0.05, 0) is 35.6 Å². The minimum atomic E-state index is -1.09. The van der Waals surface area contributed by atoms with Crippen molar-refractivity contribution in [1.82, 2.24) is 5.32 Å². The molecule has 21 heavy (non-hydrogen) atoms. The van der Waals surface area contributed by atoms with Crippen LogP contribution in [0.25, 0.3) is 0 Å². The van der Waals surface area contributed by atoms with Crippen LogP contribution in [0.4, 0.5) is 4.39 Å². The quantitative estimate of drug-likeness (QED) is 0.862. The van der Waals surface area contributed by atoms with E-state index in [1.54, 1.807) is 29.6 Å². The standard InChI is InChI=1S/C15H14FNO3S/c16-11-6-3-10(4-7-11)5-8-13(18)17-14(15(19)20)12-2-1-9-21-12/h1-4,6-7,9,14H,5,8H2,(H,17,18)(H,19,20). The Kier molecular flexibility index (Phi) is 5.05. The zero-order chi connectivity index (χ0) is 15.2. The van der Waals surface area contributed by atoms with Gasteiger partial charge in [-0.1, -0.05) is 18.2 Å². The third kappa shape index (κ3) is 4.39. The minimum absolute atomic E-state index is 0.154. The van der Waals surface area contributed by atoms with Crippen molar-refractivity contribution in [2.75, 3.05) is 0 Å². The molecule has 0 aliphatic carbocycles. The van der Waals surface area contributed by atoms with E-state index in [2.05, 4.69) is 5.32 Å². The number of thiophene rings is 1. The van der Waals surface area contributed by atoms with Gasteiger partial charge >= 0.3 is 5.97 Å². The number of amides is 1. The van der Waals surface area contributed by atoms with E-state index in [1.165, 1.54) is 23.5 Å². The Morgan fingerprint density at radius 1 is 1.24 bits per heavy atom. The highest BCUT2D eigenvalue weighted by Crippen LogP contribution is 2.19. The molecule has 0 aliphatic rings. The van der Waals surface area contributed by atoms with Crippen molar-refractivity contribution in [3.8, 4) is 0 Å². The third-order valence-corrected chi connectivity index (χ3v) is 3.87. The maximum absolute atomic E-state index is 12.8. The molecule has 2 N–H and O–H groups in total.